The molecule has 3 atom stereocenters. The van der Waals surface area contributed by atoms with Crippen molar-refractivity contribution in [1.29, 1.82) is 0 Å². The number of hydrogen-bond acceptors (Lipinski definition) is 5. The predicted molar refractivity (Wildman–Crippen MR) is 113 cm³/mol. The fraction of sp³-hybridized carbons (Fsp3) is 0.708. The number of nitrogens with one attached hydrogen (secondary N) is 1. The van der Waals surface area contributed by atoms with Crippen molar-refractivity contribution in [2.24, 2.45) is 23.7 Å². The average Bonchev–Trinajstić information content (AvgIpc) is 3.18. The summed E-state index contributed by atoms with van der Waals surface area (Å²) in [6.45, 7) is 6.63. The highest BCUT2D eigenvalue weighted by molar-refractivity contribution is 5.80. The van der Waals surface area contributed by atoms with E-state index in [4.69, 9.17) is 14.2 Å². The Bertz CT molecular complexity index is 730. The second-order valence-electron chi connectivity index (χ2n) is 9.37. The molecule has 5 rings (SSSR count). The molecule has 4 aliphatic heterocycles. The molecule has 0 aliphatic carbocycles. The third kappa shape index (κ3) is 4.23. The van der Waals surface area contributed by atoms with Crippen LogP contribution in [0.4, 0.5) is 0 Å². The van der Waals surface area contributed by atoms with E-state index < -0.39 is 0 Å². The molecule has 1 N–H and O–H groups in total. The van der Waals surface area contributed by atoms with Crippen LogP contribution in [0.3, 0.4) is 0 Å². The molecule has 0 bridgehead atoms. The number of rotatable bonds is 5. The summed E-state index contributed by atoms with van der Waals surface area (Å²) in [4.78, 5) is 15.8. The first-order valence-corrected chi connectivity index (χ1v) is 11.7. The topological polar surface area (TPSA) is 60.0 Å². The Balaban J connectivity index is 1.31. The van der Waals surface area contributed by atoms with E-state index in [0.29, 0.717) is 18.4 Å². The van der Waals surface area contributed by atoms with E-state index >= 15 is 0 Å². The highest BCUT2D eigenvalue weighted by Gasteiger charge is 2.49. The number of hydrogen-bond donors (Lipinski definition) is 1. The summed E-state index contributed by atoms with van der Waals surface area (Å²) in [7, 11) is 0. The maximum absolute atomic E-state index is 13.2. The normalized spacial score (nSPS) is 30.3. The molecule has 0 aromatic heterocycles. The average molecular weight is 415 g/mol. The van der Waals surface area contributed by atoms with E-state index in [1.54, 1.807) is 0 Å². The number of carbonyl (C=O) groups is 1. The number of nitrogens with zero attached hydrogens (tertiary/aromatic N) is 1. The van der Waals surface area contributed by atoms with Gasteiger partial charge in [0.15, 0.2) is 0 Å². The molecule has 6 nitrogen and oxygen atoms in total. The Kier molecular flexibility index (Phi) is 6.25. The van der Waals surface area contributed by atoms with Crippen molar-refractivity contribution < 1.29 is 19.0 Å². The lowest BCUT2D eigenvalue weighted by Crippen LogP contribution is -2.40. The van der Waals surface area contributed by atoms with Crippen LogP contribution in [-0.2, 0) is 14.3 Å². The number of ether oxygens (including phenoxy) is 3. The van der Waals surface area contributed by atoms with Gasteiger partial charge < -0.3 is 19.5 Å². The number of benzene rings is 1. The smallest absolute Gasteiger partial charge is 0.224 e. The van der Waals surface area contributed by atoms with Crippen LogP contribution in [-0.4, -0.2) is 63.5 Å². The molecule has 164 valence electrons. The molecule has 3 fully saturated rings. The summed E-state index contributed by atoms with van der Waals surface area (Å²) in [5.74, 6) is 2.59. The van der Waals surface area contributed by atoms with Gasteiger partial charge >= 0.3 is 0 Å². The van der Waals surface area contributed by atoms with Crippen LogP contribution in [0.2, 0.25) is 0 Å². The molecule has 0 spiro atoms. The summed E-state index contributed by atoms with van der Waals surface area (Å²) in [5.41, 5.74) is 1.25. The van der Waals surface area contributed by atoms with E-state index in [1.165, 1.54) is 5.56 Å². The van der Waals surface area contributed by atoms with Crippen molar-refractivity contribution in [1.82, 2.24) is 10.2 Å². The van der Waals surface area contributed by atoms with Crippen LogP contribution in [0, 0.1) is 23.7 Å². The molecular formula is C24H34N2O4. The second kappa shape index (κ2) is 9.25. The van der Waals surface area contributed by atoms with Gasteiger partial charge in [0.1, 0.15) is 5.75 Å². The van der Waals surface area contributed by atoms with Crippen molar-refractivity contribution in [2.75, 3.05) is 52.7 Å². The van der Waals surface area contributed by atoms with Crippen LogP contribution in [0.15, 0.2) is 24.3 Å². The van der Waals surface area contributed by atoms with Crippen LogP contribution < -0.4 is 10.1 Å². The SMILES string of the molecule is O=C(NCC1CCOCC1)[C@@H]1CN(CC2CCOCC2)[C@H]2c3ccccc3OC[C@@H]12. The summed E-state index contributed by atoms with van der Waals surface area (Å²) >= 11 is 0. The Labute approximate surface area is 179 Å². The van der Waals surface area contributed by atoms with Gasteiger partial charge in [-0.1, -0.05) is 18.2 Å². The lowest BCUT2D eigenvalue weighted by molar-refractivity contribution is -0.126. The lowest BCUT2D eigenvalue weighted by Gasteiger charge is -2.36. The van der Waals surface area contributed by atoms with Crippen molar-refractivity contribution in [3.63, 3.8) is 0 Å². The third-order valence-electron chi connectivity index (χ3n) is 7.49. The number of para-hydroxylation sites is 1. The zero-order valence-electron chi connectivity index (χ0n) is 17.8. The first-order chi connectivity index (χ1) is 14.8. The van der Waals surface area contributed by atoms with E-state index in [-0.39, 0.29) is 23.8 Å². The number of fused-ring (bicyclic) bond motifs is 3. The fourth-order valence-corrected chi connectivity index (χ4v) is 5.72. The predicted octanol–water partition coefficient (Wildman–Crippen LogP) is 2.64. The minimum absolute atomic E-state index is 0.0111. The Morgan fingerprint density at radius 1 is 1.00 bits per heavy atom. The molecule has 4 heterocycles. The molecule has 1 aromatic carbocycles. The largest absolute Gasteiger partial charge is 0.493 e. The van der Waals surface area contributed by atoms with Crippen molar-refractivity contribution in [3.8, 4) is 5.75 Å². The molecule has 30 heavy (non-hydrogen) atoms. The third-order valence-corrected chi connectivity index (χ3v) is 7.49. The Morgan fingerprint density at radius 3 is 2.47 bits per heavy atom. The first kappa shape index (κ1) is 20.3. The number of likely N-dealkylation sites (tertiary alicyclic amines) is 1. The first-order valence-electron chi connectivity index (χ1n) is 11.7. The minimum Gasteiger partial charge on any atom is -0.493 e. The van der Waals surface area contributed by atoms with Crippen molar-refractivity contribution in [3.05, 3.63) is 29.8 Å². The fourth-order valence-electron chi connectivity index (χ4n) is 5.72. The molecule has 6 heteroatoms. The van der Waals surface area contributed by atoms with Gasteiger partial charge in [0.25, 0.3) is 0 Å². The van der Waals surface area contributed by atoms with Gasteiger partial charge in [-0.25, -0.2) is 0 Å². The van der Waals surface area contributed by atoms with Crippen molar-refractivity contribution in [2.45, 2.75) is 31.7 Å². The van der Waals surface area contributed by atoms with Gasteiger partial charge in [-0.05, 0) is 43.6 Å². The van der Waals surface area contributed by atoms with Gasteiger partial charge in [0.05, 0.1) is 12.5 Å². The van der Waals surface area contributed by atoms with Crippen LogP contribution in [0.25, 0.3) is 0 Å². The number of carbonyl (C=O) groups excluding carboxylic acids is 1. The second-order valence-corrected chi connectivity index (χ2v) is 9.37. The van der Waals surface area contributed by atoms with Gasteiger partial charge in [-0.2, -0.15) is 0 Å². The molecule has 1 aromatic rings. The van der Waals surface area contributed by atoms with E-state index in [0.717, 1.165) is 77.5 Å². The molecule has 1 amide bonds. The quantitative estimate of drug-likeness (QED) is 0.803. The van der Waals surface area contributed by atoms with Gasteiger partial charge in [0.2, 0.25) is 5.91 Å². The highest BCUT2D eigenvalue weighted by atomic mass is 16.5. The van der Waals surface area contributed by atoms with Gasteiger partial charge in [0, 0.05) is 63.6 Å². The Morgan fingerprint density at radius 2 is 1.70 bits per heavy atom. The molecule has 3 saturated heterocycles. The van der Waals surface area contributed by atoms with Crippen LogP contribution in [0.1, 0.15) is 37.3 Å². The molecule has 0 unspecified atom stereocenters. The summed E-state index contributed by atoms with van der Waals surface area (Å²) < 4.78 is 17.1. The summed E-state index contributed by atoms with van der Waals surface area (Å²) in [6, 6.07) is 8.66. The molecule has 0 radical (unpaired) electrons. The molecule has 0 saturated carbocycles. The standard InChI is InChI=1S/C24H34N2O4/c27-24(25-13-17-5-9-28-10-6-17)20-15-26(14-18-7-11-29-12-8-18)23-19-3-1-2-4-22(19)30-16-21(20)23/h1-4,17-18,20-21,23H,5-16H2,(H,25,27)/t20-,21+,23+/m1/s1. The van der Waals surface area contributed by atoms with Gasteiger partial charge in [-0.15, -0.1) is 0 Å². The minimum atomic E-state index is -0.0111. The van der Waals surface area contributed by atoms with Gasteiger partial charge in [-0.3, -0.25) is 9.69 Å². The summed E-state index contributed by atoms with van der Waals surface area (Å²) in [5, 5.41) is 3.28. The maximum Gasteiger partial charge on any atom is 0.224 e. The van der Waals surface area contributed by atoms with Crippen LogP contribution in [0.5, 0.6) is 5.75 Å². The monoisotopic (exact) mass is 414 g/mol. The zero-order valence-corrected chi connectivity index (χ0v) is 17.8. The van der Waals surface area contributed by atoms with Crippen LogP contribution >= 0.6 is 0 Å². The number of amides is 1. The highest BCUT2D eigenvalue weighted by Crippen LogP contribution is 2.47. The Hall–Kier alpha value is -1.63. The maximum atomic E-state index is 13.2. The zero-order chi connectivity index (χ0) is 20.3. The van der Waals surface area contributed by atoms with E-state index in [2.05, 4.69) is 28.4 Å². The lowest BCUT2D eigenvalue weighted by atomic mass is 9.84. The van der Waals surface area contributed by atoms with E-state index in [1.807, 2.05) is 6.07 Å². The summed E-state index contributed by atoms with van der Waals surface area (Å²) in [6.07, 6.45) is 4.33. The van der Waals surface area contributed by atoms with E-state index in [9.17, 15) is 4.79 Å². The van der Waals surface area contributed by atoms with Crippen molar-refractivity contribution >= 4 is 5.91 Å². The molecule has 4 aliphatic rings. The molecular weight excluding hydrogens is 380 g/mol.